The second-order valence-electron chi connectivity index (χ2n) is 7.56. The second kappa shape index (κ2) is 9.26. The third-order valence-corrected chi connectivity index (χ3v) is 6.17. The number of carbonyl (C=O) groups excluding carboxylic acids is 2. The lowest BCUT2D eigenvalue weighted by molar-refractivity contribution is -0.126. The van der Waals surface area contributed by atoms with Gasteiger partial charge in [-0.3, -0.25) is 9.59 Å². The van der Waals surface area contributed by atoms with Crippen molar-refractivity contribution in [2.75, 3.05) is 19.6 Å². The summed E-state index contributed by atoms with van der Waals surface area (Å²) < 4.78 is 5.20. The van der Waals surface area contributed by atoms with Crippen LogP contribution in [0.3, 0.4) is 0 Å². The number of rotatable bonds is 6. The molecule has 6 nitrogen and oxygen atoms in total. The largest absolute Gasteiger partial charge is 0.459 e. The maximum atomic E-state index is 12.6. The minimum atomic E-state index is -0.173. The molecule has 30 heavy (non-hydrogen) atoms. The Morgan fingerprint density at radius 2 is 2.10 bits per heavy atom. The van der Waals surface area contributed by atoms with E-state index in [2.05, 4.69) is 39.9 Å². The Morgan fingerprint density at radius 3 is 2.80 bits per heavy atom. The molecule has 1 aliphatic rings. The number of amides is 2. The summed E-state index contributed by atoms with van der Waals surface area (Å²) in [7, 11) is 0. The number of thiazole rings is 1. The van der Waals surface area contributed by atoms with Crippen molar-refractivity contribution in [2.24, 2.45) is 5.92 Å². The number of furan rings is 1. The zero-order chi connectivity index (χ0) is 20.9. The Morgan fingerprint density at radius 1 is 1.27 bits per heavy atom. The summed E-state index contributed by atoms with van der Waals surface area (Å²) in [5, 5.41) is 6.16. The molecule has 0 aliphatic carbocycles. The summed E-state index contributed by atoms with van der Waals surface area (Å²) in [5.41, 5.74) is 3.28. The SMILES string of the molecule is Cc1nc(-c2ccc(CCNC(=O)[C@@H]3CCCN(C(=O)c4ccco4)C3)cc2)cs1. The summed E-state index contributed by atoms with van der Waals surface area (Å²) in [6.45, 7) is 3.68. The van der Waals surface area contributed by atoms with Crippen LogP contribution in [0.1, 0.15) is 34.0 Å². The highest BCUT2D eigenvalue weighted by Crippen LogP contribution is 2.22. The van der Waals surface area contributed by atoms with Crippen LogP contribution in [0.5, 0.6) is 0 Å². The monoisotopic (exact) mass is 423 g/mol. The zero-order valence-corrected chi connectivity index (χ0v) is 17.8. The van der Waals surface area contributed by atoms with E-state index < -0.39 is 0 Å². The standard InChI is InChI=1S/C23H25N3O3S/c1-16-25-20(15-30-16)18-8-6-17(7-9-18)10-11-24-22(27)19-4-2-12-26(14-19)23(28)21-5-3-13-29-21/h3,5-9,13,15,19H,2,4,10-12,14H2,1H3,(H,24,27)/t19-/m1/s1. The van der Waals surface area contributed by atoms with Gasteiger partial charge >= 0.3 is 0 Å². The van der Waals surface area contributed by atoms with Gasteiger partial charge in [0.2, 0.25) is 5.91 Å². The third-order valence-electron chi connectivity index (χ3n) is 5.39. The van der Waals surface area contributed by atoms with Crippen LogP contribution < -0.4 is 5.32 Å². The van der Waals surface area contributed by atoms with Crippen molar-refractivity contribution in [2.45, 2.75) is 26.2 Å². The second-order valence-corrected chi connectivity index (χ2v) is 8.62. The van der Waals surface area contributed by atoms with Crippen molar-refractivity contribution in [3.8, 4) is 11.3 Å². The number of hydrogen-bond acceptors (Lipinski definition) is 5. The Kier molecular flexibility index (Phi) is 6.28. The van der Waals surface area contributed by atoms with Gasteiger partial charge in [-0.05, 0) is 43.9 Å². The van der Waals surface area contributed by atoms with Gasteiger partial charge in [0.1, 0.15) is 0 Å². The summed E-state index contributed by atoms with van der Waals surface area (Å²) in [4.78, 5) is 31.3. The van der Waals surface area contributed by atoms with Crippen molar-refractivity contribution in [3.05, 3.63) is 64.4 Å². The lowest BCUT2D eigenvalue weighted by Gasteiger charge is -2.31. The molecule has 1 fully saturated rings. The van der Waals surface area contributed by atoms with Gasteiger partial charge in [0.05, 0.1) is 22.9 Å². The Bertz CT molecular complexity index is 995. The molecule has 7 heteroatoms. The number of carbonyl (C=O) groups is 2. The van der Waals surface area contributed by atoms with E-state index in [9.17, 15) is 9.59 Å². The van der Waals surface area contributed by atoms with E-state index in [4.69, 9.17) is 4.42 Å². The number of hydrogen-bond donors (Lipinski definition) is 1. The number of aryl methyl sites for hydroxylation is 1. The third kappa shape index (κ3) is 4.79. The first-order valence-corrected chi connectivity index (χ1v) is 11.1. The first kappa shape index (κ1) is 20.3. The number of piperidine rings is 1. The topological polar surface area (TPSA) is 75.4 Å². The van der Waals surface area contributed by atoms with E-state index >= 15 is 0 Å². The molecule has 1 N–H and O–H groups in total. The van der Waals surface area contributed by atoms with E-state index in [0.29, 0.717) is 25.4 Å². The summed E-state index contributed by atoms with van der Waals surface area (Å²) >= 11 is 1.65. The van der Waals surface area contributed by atoms with Crippen LogP contribution in [0.15, 0.2) is 52.5 Å². The van der Waals surface area contributed by atoms with Crippen LogP contribution in [0, 0.1) is 12.8 Å². The number of likely N-dealkylation sites (tertiary alicyclic amines) is 1. The lowest BCUT2D eigenvalue weighted by atomic mass is 9.96. The fraction of sp³-hybridized carbons (Fsp3) is 0.348. The number of aromatic nitrogens is 1. The molecule has 1 aliphatic heterocycles. The van der Waals surface area contributed by atoms with Gasteiger partial charge in [-0.15, -0.1) is 11.3 Å². The molecule has 4 rings (SSSR count). The lowest BCUT2D eigenvalue weighted by Crippen LogP contribution is -2.45. The Hall–Kier alpha value is -2.93. The highest BCUT2D eigenvalue weighted by molar-refractivity contribution is 7.09. The maximum Gasteiger partial charge on any atom is 0.289 e. The maximum absolute atomic E-state index is 12.6. The predicted octanol–water partition coefficient (Wildman–Crippen LogP) is 3.92. The van der Waals surface area contributed by atoms with Crippen molar-refractivity contribution in [1.82, 2.24) is 15.2 Å². The van der Waals surface area contributed by atoms with Crippen LogP contribution >= 0.6 is 11.3 Å². The molecular weight excluding hydrogens is 398 g/mol. The van der Waals surface area contributed by atoms with Crippen LogP contribution in [0.4, 0.5) is 0 Å². The molecule has 0 bridgehead atoms. The molecule has 1 atom stereocenters. The van der Waals surface area contributed by atoms with Gasteiger partial charge in [0.15, 0.2) is 5.76 Å². The molecule has 0 unspecified atom stereocenters. The van der Waals surface area contributed by atoms with Crippen molar-refractivity contribution in [3.63, 3.8) is 0 Å². The molecule has 0 spiro atoms. The molecule has 2 amide bonds. The first-order chi connectivity index (χ1) is 14.6. The van der Waals surface area contributed by atoms with Gasteiger partial charge in [-0.1, -0.05) is 24.3 Å². The zero-order valence-electron chi connectivity index (χ0n) is 17.0. The quantitative estimate of drug-likeness (QED) is 0.652. The van der Waals surface area contributed by atoms with Crippen LogP contribution in [-0.2, 0) is 11.2 Å². The predicted molar refractivity (Wildman–Crippen MR) is 116 cm³/mol. The van der Waals surface area contributed by atoms with E-state index in [1.165, 1.54) is 11.8 Å². The molecule has 0 radical (unpaired) electrons. The number of nitrogens with zero attached hydrogens (tertiary/aromatic N) is 2. The normalized spacial score (nSPS) is 16.4. The average molecular weight is 424 g/mol. The van der Waals surface area contributed by atoms with E-state index in [1.807, 2.05) is 6.92 Å². The van der Waals surface area contributed by atoms with Gasteiger partial charge in [0.25, 0.3) is 5.91 Å². The molecule has 3 heterocycles. The first-order valence-electron chi connectivity index (χ1n) is 10.2. The highest BCUT2D eigenvalue weighted by Gasteiger charge is 2.29. The average Bonchev–Trinajstić information content (AvgIpc) is 3.46. The Balaban J connectivity index is 1.25. The van der Waals surface area contributed by atoms with Gasteiger partial charge in [0, 0.05) is 30.6 Å². The smallest absolute Gasteiger partial charge is 0.289 e. The van der Waals surface area contributed by atoms with E-state index in [1.54, 1.807) is 28.4 Å². The van der Waals surface area contributed by atoms with E-state index in [0.717, 1.165) is 35.5 Å². The van der Waals surface area contributed by atoms with Gasteiger partial charge in [-0.25, -0.2) is 4.98 Å². The van der Waals surface area contributed by atoms with Gasteiger partial charge < -0.3 is 14.6 Å². The van der Waals surface area contributed by atoms with Gasteiger partial charge in [-0.2, -0.15) is 0 Å². The number of benzene rings is 1. The van der Waals surface area contributed by atoms with Crippen molar-refractivity contribution < 1.29 is 14.0 Å². The number of nitrogens with one attached hydrogen (secondary N) is 1. The summed E-state index contributed by atoms with van der Waals surface area (Å²) in [6, 6.07) is 11.7. The molecule has 3 aromatic rings. The molecule has 1 aromatic carbocycles. The fourth-order valence-corrected chi connectivity index (χ4v) is 4.37. The molecule has 1 saturated heterocycles. The van der Waals surface area contributed by atoms with Crippen LogP contribution in [0.2, 0.25) is 0 Å². The van der Waals surface area contributed by atoms with E-state index in [-0.39, 0.29) is 17.7 Å². The fourth-order valence-electron chi connectivity index (χ4n) is 3.74. The summed E-state index contributed by atoms with van der Waals surface area (Å²) in [5.74, 6) is 0.0228. The van der Waals surface area contributed by atoms with Crippen molar-refractivity contribution in [1.29, 1.82) is 0 Å². The van der Waals surface area contributed by atoms with Crippen LogP contribution in [-0.4, -0.2) is 41.3 Å². The molecular formula is C23H25N3O3S. The molecule has 0 saturated carbocycles. The molecule has 2 aromatic heterocycles. The minimum absolute atomic E-state index is 0.0153. The summed E-state index contributed by atoms with van der Waals surface area (Å²) in [6.07, 6.45) is 3.88. The Labute approximate surface area is 179 Å². The minimum Gasteiger partial charge on any atom is -0.459 e. The molecule has 156 valence electrons. The highest BCUT2D eigenvalue weighted by atomic mass is 32.1. The van der Waals surface area contributed by atoms with Crippen molar-refractivity contribution >= 4 is 23.2 Å². The van der Waals surface area contributed by atoms with Crippen LogP contribution in [0.25, 0.3) is 11.3 Å².